The molecule has 0 aromatic carbocycles. The Morgan fingerprint density at radius 3 is 2.73 bits per heavy atom. The summed E-state index contributed by atoms with van der Waals surface area (Å²) in [6.45, 7) is 4.17. The molecule has 4 aromatic heterocycles. The Morgan fingerprint density at radius 1 is 1.27 bits per heavy atom. The number of anilines is 1. The molecule has 0 saturated heterocycles. The third kappa shape index (κ3) is 5.79. The van der Waals surface area contributed by atoms with Crippen LogP contribution in [0.3, 0.4) is 0 Å². The largest absolute Gasteiger partial charge is 0.387 e. The Balaban J connectivity index is 1.40. The fraction of sp³-hybridized carbons (Fsp3) is 0.429. The lowest BCUT2D eigenvalue weighted by molar-refractivity contribution is -0.00177. The molecule has 0 spiro atoms. The third-order valence-electron chi connectivity index (χ3n) is 7.23. The number of hydrogen-bond acceptors (Lipinski definition) is 9. The van der Waals surface area contributed by atoms with Gasteiger partial charge < -0.3 is 20.3 Å². The lowest BCUT2D eigenvalue weighted by Crippen LogP contribution is -2.42. The van der Waals surface area contributed by atoms with Crippen molar-refractivity contribution in [1.29, 1.82) is 5.26 Å². The summed E-state index contributed by atoms with van der Waals surface area (Å²) >= 11 is 0. The van der Waals surface area contributed by atoms with E-state index in [4.69, 9.17) is 4.52 Å². The number of amides is 1. The number of carbonyl (C=O) groups excluding carboxylic acids is 1. The smallest absolute Gasteiger partial charge is 0.255 e. The number of alkyl halides is 1. The molecule has 208 valence electrons. The van der Waals surface area contributed by atoms with Gasteiger partial charge in [-0.3, -0.25) is 9.78 Å². The lowest BCUT2D eigenvalue weighted by atomic mass is 9.85. The van der Waals surface area contributed by atoms with Crippen molar-refractivity contribution in [2.45, 2.75) is 70.2 Å². The van der Waals surface area contributed by atoms with Gasteiger partial charge in [-0.2, -0.15) is 15.3 Å². The maximum atomic E-state index is 14.3. The number of nitrogens with zero attached hydrogens (tertiary/aromatic N) is 6. The topological polar surface area (TPSA) is 154 Å². The molecular formula is C28H31FN8O3. The molecule has 4 heterocycles. The van der Waals surface area contributed by atoms with E-state index in [2.05, 4.69) is 36.9 Å². The molecular weight excluding hydrogens is 515 g/mol. The Hall–Kier alpha value is -4.37. The minimum Gasteiger partial charge on any atom is -0.387 e. The van der Waals surface area contributed by atoms with Gasteiger partial charge in [0, 0.05) is 18.2 Å². The molecule has 1 aliphatic carbocycles. The molecule has 1 saturated carbocycles. The Morgan fingerprint density at radius 2 is 2.05 bits per heavy atom. The molecule has 0 radical (unpaired) electrons. The van der Waals surface area contributed by atoms with Crippen molar-refractivity contribution in [2.75, 3.05) is 11.9 Å². The van der Waals surface area contributed by atoms with Gasteiger partial charge in [-0.15, -0.1) is 0 Å². The van der Waals surface area contributed by atoms with Crippen LogP contribution in [-0.4, -0.2) is 60.1 Å². The van der Waals surface area contributed by atoms with Crippen LogP contribution in [0.1, 0.15) is 73.1 Å². The van der Waals surface area contributed by atoms with Crippen LogP contribution >= 0.6 is 0 Å². The van der Waals surface area contributed by atoms with E-state index in [1.807, 2.05) is 12.1 Å². The first-order chi connectivity index (χ1) is 19.1. The quantitative estimate of drug-likeness (QED) is 0.298. The number of aryl methyl sites for hydroxylation is 1. The van der Waals surface area contributed by atoms with Crippen LogP contribution in [0.4, 0.5) is 10.1 Å². The highest BCUT2D eigenvalue weighted by Crippen LogP contribution is 2.34. The fourth-order valence-electron chi connectivity index (χ4n) is 4.86. The Bertz CT molecular complexity index is 1560. The van der Waals surface area contributed by atoms with E-state index in [1.54, 1.807) is 23.6 Å². The van der Waals surface area contributed by atoms with Crippen LogP contribution in [0, 0.1) is 18.3 Å². The van der Waals surface area contributed by atoms with E-state index in [0.717, 1.165) is 31.2 Å². The van der Waals surface area contributed by atoms with E-state index in [9.17, 15) is 19.6 Å². The van der Waals surface area contributed by atoms with Crippen LogP contribution in [0.25, 0.3) is 16.9 Å². The molecule has 1 fully saturated rings. The van der Waals surface area contributed by atoms with Gasteiger partial charge in [0.25, 0.3) is 5.91 Å². The van der Waals surface area contributed by atoms with Crippen LogP contribution < -0.4 is 10.6 Å². The lowest BCUT2D eigenvalue weighted by Gasteiger charge is -2.29. The predicted molar refractivity (Wildman–Crippen MR) is 144 cm³/mol. The summed E-state index contributed by atoms with van der Waals surface area (Å²) < 4.78 is 21.4. The van der Waals surface area contributed by atoms with Gasteiger partial charge in [0.15, 0.2) is 5.82 Å². The molecule has 11 nitrogen and oxygen atoms in total. The summed E-state index contributed by atoms with van der Waals surface area (Å²) in [6, 6.07) is 9.37. The highest BCUT2D eigenvalue weighted by atomic mass is 19.1. The zero-order valence-electron chi connectivity index (χ0n) is 22.6. The second kappa shape index (κ2) is 11.0. The number of nitriles is 1. The summed E-state index contributed by atoms with van der Waals surface area (Å²) in [5, 5.41) is 33.5. The van der Waals surface area contributed by atoms with Crippen LogP contribution in [0.5, 0.6) is 0 Å². The highest BCUT2D eigenvalue weighted by Gasteiger charge is 2.29. The van der Waals surface area contributed by atoms with Gasteiger partial charge in [0.1, 0.15) is 12.2 Å². The number of aliphatic hydroxyl groups is 1. The molecule has 1 amide bonds. The average Bonchev–Trinajstić information content (AvgIpc) is 3.57. The zero-order chi connectivity index (χ0) is 28.4. The average molecular weight is 547 g/mol. The third-order valence-corrected chi connectivity index (χ3v) is 7.23. The number of halogens is 1. The van der Waals surface area contributed by atoms with Crippen LogP contribution in [0.2, 0.25) is 0 Å². The number of aromatic nitrogens is 5. The molecule has 0 bridgehead atoms. The number of carbonyl (C=O) groups is 1. The molecule has 0 unspecified atom stereocenters. The Kier molecular flexibility index (Phi) is 7.49. The summed E-state index contributed by atoms with van der Waals surface area (Å²) in [5.74, 6) is 0.962. The van der Waals surface area contributed by atoms with Crippen molar-refractivity contribution in [2.24, 2.45) is 0 Å². The second-order valence-corrected chi connectivity index (χ2v) is 10.7. The van der Waals surface area contributed by atoms with Gasteiger partial charge in [-0.1, -0.05) is 5.16 Å². The summed E-state index contributed by atoms with van der Waals surface area (Å²) in [4.78, 5) is 22.0. The number of hydrogen-bond donors (Lipinski definition) is 3. The van der Waals surface area contributed by atoms with Gasteiger partial charge in [-0.25, -0.2) is 8.91 Å². The van der Waals surface area contributed by atoms with Crippen molar-refractivity contribution >= 4 is 17.1 Å². The summed E-state index contributed by atoms with van der Waals surface area (Å²) in [6.07, 6.45) is 4.65. The normalized spacial score (nSPS) is 18.3. The molecule has 5 rings (SSSR count). The molecule has 3 N–H and O–H groups in total. The number of rotatable bonds is 8. The van der Waals surface area contributed by atoms with E-state index >= 15 is 0 Å². The molecule has 12 heteroatoms. The molecule has 0 aliphatic heterocycles. The minimum atomic E-state index is -1.64. The van der Waals surface area contributed by atoms with E-state index in [-0.39, 0.29) is 24.1 Å². The predicted octanol–water partition coefficient (Wildman–Crippen LogP) is 3.94. The van der Waals surface area contributed by atoms with Crippen molar-refractivity contribution < 1.29 is 18.8 Å². The second-order valence-electron chi connectivity index (χ2n) is 10.7. The summed E-state index contributed by atoms with van der Waals surface area (Å²) in [7, 11) is 0. The van der Waals surface area contributed by atoms with Crippen LogP contribution in [-0.2, 0) is 0 Å². The van der Waals surface area contributed by atoms with E-state index in [1.165, 1.54) is 26.2 Å². The molecule has 1 atom stereocenters. The number of pyridine rings is 1. The first-order valence-electron chi connectivity index (χ1n) is 13.2. The van der Waals surface area contributed by atoms with Gasteiger partial charge in [0.05, 0.1) is 52.1 Å². The first kappa shape index (κ1) is 27.2. The van der Waals surface area contributed by atoms with Crippen molar-refractivity contribution in [1.82, 2.24) is 30.1 Å². The highest BCUT2D eigenvalue weighted by molar-refractivity contribution is 6.00. The monoisotopic (exact) mass is 546 g/mol. The van der Waals surface area contributed by atoms with Crippen molar-refractivity contribution in [3.05, 3.63) is 59.5 Å². The van der Waals surface area contributed by atoms with E-state index in [0.29, 0.717) is 34.4 Å². The maximum Gasteiger partial charge on any atom is 0.255 e. The van der Waals surface area contributed by atoms with Gasteiger partial charge >= 0.3 is 0 Å². The fourth-order valence-corrected chi connectivity index (χ4v) is 4.86. The van der Waals surface area contributed by atoms with Gasteiger partial charge in [0.2, 0.25) is 5.89 Å². The van der Waals surface area contributed by atoms with Crippen molar-refractivity contribution in [3.8, 4) is 17.5 Å². The summed E-state index contributed by atoms with van der Waals surface area (Å²) in [5.41, 5.74) is 1.69. The first-order valence-corrected chi connectivity index (χ1v) is 13.2. The Labute approximate surface area is 230 Å². The van der Waals surface area contributed by atoms with E-state index < -0.39 is 17.7 Å². The van der Waals surface area contributed by atoms with Crippen molar-refractivity contribution in [3.63, 3.8) is 0 Å². The number of fused-ring (bicyclic) bond motifs is 1. The maximum absolute atomic E-state index is 14.3. The van der Waals surface area contributed by atoms with Crippen LogP contribution in [0.15, 0.2) is 41.2 Å². The standard InChI is InChI=1S/C28H31FN8O3/c1-16-34-27(40-36-16)18-4-6-19(7-5-18)35-22-11-23(24-9-8-20-10-17(12-30)13-33-37(20)24)31-14-21(22)26(38)32-15-25(29)28(2,3)39/h8-11,13-14,18-19,25,39H,4-7,15H2,1-3H3,(H,31,35)(H,32,38)/t18-,19-,25-/m1/s1. The molecule has 1 aliphatic rings. The van der Waals surface area contributed by atoms with Gasteiger partial charge in [-0.05, 0) is 70.7 Å². The molecule has 40 heavy (non-hydrogen) atoms. The minimum absolute atomic E-state index is 0.0766. The number of nitrogens with one attached hydrogen (secondary N) is 2. The zero-order valence-corrected chi connectivity index (χ0v) is 22.6. The molecule has 4 aromatic rings. The SMILES string of the molecule is Cc1noc([C@H]2CC[C@H](Nc3cc(-c4ccc5cc(C#N)cnn45)ncc3C(=O)NC[C@@H](F)C(C)(C)O)CC2)n1.